The summed E-state index contributed by atoms with van der Waals surface area (Å²) >= 11 is 0. The molecule has 2 heterocycles. The van der Waals surface area contributed by atoms with Crippen LogP contribution in [0.3, 0.4) is 0 Å². The van der Waals surface area contributed by atoms with Gasteiger partial charge in [0.2, 0.25) is 5.89 Å². The Hall–Kier alpha value is -4.17. The average molecular weight is 362 g/mol. The van der Waals surface area contributed by atoms with E-state index in [2.05, 4.69) is 16.4 Å². The molecule has 0 saturated carbocycles. The molecule has 3 aromatic carbocycles. The Kier molecular flexibility index (Phi) is 3.74. The molecule has 28 heavy (non-hydrogen) atoms. The molecule has 0 amide bonds. The van der Waals surface area contributed by atoms with Gasteiger partial charge in [-0.05, 0) is 24.3 Å². The quantitative estimate of drug-likeness (QED) is 0.338. The summed E-state index contributed by atoms with van der Waals surface area (Å²) in [5.74, 6) is 0.291. The van der Waals surface area contributed by atoms with Gasteiger partial charge in [-0.1, -0.05) is 48.5 Å². The number of pyridine rings is 1. The van der Waals surface area contributed by atoms with Gasteiger partial charge >= 0.3 is 0 Å². The van der Waals surface area contributed by atoms with Gasteiger partial charge in [0.1, 0.15) is 17.2 Å². The van der Waals surface area contributed by atoms with E-state index >= 15 is 0 Å². The van der Waals surface area contributed by atoms with Crippen LogP contribution in [-0.2, 0) is 0 Å². The van der Waals surface area contributed by atoms with E-state index in [1.165, 1.54) is 0 Å². The van der Waals surface area contributed by atoms with Crippen LogP contribution in [-0.4, -0.2) is 9.97 Å². The van der Waals surface area contributed by atoms with Crippen LogP contribution in [0.5, 0.6) is 0 Å². The zero-order chi connectivity index (χ0) is 18.9. The third-order valence-corrected chi connectivity index (χ3v) is 4.59. The second-order valence-corrected chi connectivity index (χ2v) is 6.32. The van der Waals surface area contributed by atoms with Crippen molar-refractivity contribution in [3.05, 3.63) is 84.9 Å². The molecule has 5 heteroatoms. The molecule has 5 aromatic rings. The number of hydrogen-bond acceptors (Lipinski definition) is 5. The minimum atomic E-state index is 0.291. The van der Waals surface area contributed by atoms with E-state index in [4.69, 9.17) is 9.40 Å². The van der Waals surface area contributed by atoms with E-state index in [-0.39, 0.29) is 0 Å². The maximum Gasteiger partial charge on any atom is 0.239 e. The number of rotatable bonds is 3. The fraction of sp³-hybridized carbons (Fsp3) is 0. The summed E-state index contributed by atoms with van der Waals surface area (Å²) < 4.78 is 5.73. The Morgan fingerprint density at radius 2 is 1.43 bits per heavy atom. The van der Waals surface area contributed by atoms with Crippen molar-refractivity contribution in [2.45, 2.75) is 0 Å². The summed E-state index contributed by atoms with van der Waals surface area (Å²) in [7, 11) is 0. The summed E-state index contributed by atoms with van der Waals surface area (Å²) in [6.07, 6.45) is 1.64. The number of nitrogens with zero attached hydrogens (tertiary/aromatic N) is 3. The van der Waals surface area contributed by atoms with E-state index < -0.39 is 0 Å². The molecular formula is C23H14N4O. The van der Waals surface area contributed by atoms with Crippen LogP contribution in [0.1, 0.15) is 5.89 Å². The monoisotopic (exact) mass is 362 g/mol. The maximum atomic E-state index is 9.64. The average Bonchev–Trinajstić information content (AvgIpc) is 3.17. The molecule has 0 fully saturated rings. The van der Waals surface area contributed by atoms with Gasteiger partial charge < -0.3 is 9.73 Å². The van der Waals surface area contributed by atoms with Gasteiger partial charge in [0.25, 0.3) is 0 Å². The lowest BCUT2D eigenvalue weighted by molar-refractivity contribution is 0.586. The number of oxazole rings is 1. The summed E-state index contributed by atoms with van der Waals surface area (Å²) in [6, 6.07) is 25.5. The molecule has 0 radical (unpaired) electrons. The van der Waals surface area contributed by atoms with Gasteiger partial charge in [-0.3, -0.25) is 0 Å². The lowest BCUT2D eigenvalue weighted by Gasteiger charge is -2.10. The first-order valence-electron chi connectivity index (χ1n) is 8.84. The third-order valence-electron chi connectivity index (χ3n) is 4.59. The van der Waals surface area contributed by atoms with Crippen molar-refractivity contribution in [3.8, 4) is 6.07 Å². The van der Waals surface area contributed by atoms with E-state index in [0.717, 1.165) is 33.0 Å². The summed E-state index contributed by atoms with van der Waals surface area (Å²) in [4.78, 5) is 9.13. The van der Waals surface area contributed by atoms with E-state index in [1.807, 2.05) is 72.8 Å². The molecule has 132 valence electrons. The zero-order valence-electron chi connectivity index (χ0n) is 14.8. The summed E-state index contributed by atoms with van der Waals surface area (Å²) in [5, 5.41) is 14.9. The summed E-state index contributed by atoms with van der Waals surface area (Å²) in [5.41, 5.74) is 4.36. The van der Waals surface area contributed by atoms with Crippen LogP contribution in [0.25, 0.3) is 38.5 Å². The number of hydrogen-bond donors (Lipinski definition) is 1. The molecule has 0 saturated heterocycles. The molecule has 5 nitrogen and oxygen atoms in total. The van der Waals surface area contributed by atoms with Gasteiger partial charge in [0.15, 0.2) is 5.58 Å². The van der Waals surface area contributed by atoms with Crippen LogP contribution in [0.2, 0.25) is 0 Å². The number of anilines is 1. The first-order chi connectivity index (χ1) is 13.8. The van der Waals surface area contributed by atoms with Gasteiger partial charge in [-0.15, -0.1) is 0 Å². The Morgan fingerprint density at radius 1 is 0.821 bits per heavy atom. The molecule has 0 aliphatic carbocycles. The first kappa shape index (κ1) is 16.0. The third kappa shape index (κ3) is 2.65. The van der Waals surface area contributed by atoms with E-state index in [0.29, 0.717) is 17.0 Å². The van der Waals surface area contributed by atoms with Crippen LogP contribution < -0.4 is 5.32 Å². The van der Waals surface area contributed by atoms with Gasteiger partial charge in [-0.2, -0.15) is 5.26 Å². The second kappa shape index (κ2) is 6.53. The Labute approximate surface area is 160 Å². The predicted octanol–water partition coefficient (Wildman–Crippen LogP) is 5.51. The normalized spacial score (nSPS) is 11.8. The molecule has 0 aliphatic rings. The van der Waals surface area contributed by atoms with Crippen molar-refractivity contribution < 1.29 is 4.42 Å². The Morgan fingerprint density at radius 3 is 2.07 bits per heavy atom. The molecule has 0 bridgehead atoms. The van der Waals surface area contributed by atoms with Crippen LogP contribution in [0.15, 0.2) is 83.4 Å². The molecular weight excluding hydrogens is 348 g/mol. The SMILES string of the molecule is N#CC(=CNc1c2ccccc2nc2ccccc12)c1nc2ccccc2o1. The van der Waals surface area contributed by atoms with Gasteiger partial charge in [0.05, 0.1) is 16.7 Å². The Bertz CT molecular complexity index is 1320. The number of nitriles is 1. The number of fused-ring (bicyclic) bond motifs is 3. The number of para-hydroxylation sites is 4. The molecule has 0 atom stereocenters. The van der Waals surface area contributed by atoms with Crippen LogP contribution in [0.4, 0.5) is 5.69 Å². The minimum Gasteiger partial charge on any atom is -0.435 e. The predicted molar refractivity (Wildman–Crippen MR) is 110 cm³/mol. The number of aromatic nitrogens is 2. The van der Waals surface area contributed by atoms with Crippen molar-refractivity contribution in [2.75, 3.05) is 5.32 Å². The molecule has 0 aliphatic heterocycles. The molecule has 2 aromatic heterocycles. The molecule has 0 spiro atoms. The number of benzene rings is 3. The van der Waals surface area contributed by atoms with Crippen molar-refractivity contribution in [1.29, 1.82) is 5.26 Å². The van der Waals surface area contributed by atoms with Crippen molar-refractivity contribution >= 4 is 44.2 Å². The van der Waals surface area contributed by atoms with E-state index in [1.54, 1.807) is 6.20 Å². The second-order valence-electron chi connectivity index (χ2n) is 6.32. The Balaban J connectivity index is 1.64. The maximum absolute atomic E-state index is 9.64. The minimum absolute atomic E-state index is 0.291. The smallest absolute Gasteiger partial charge is 0.239 e. The number of nitrogens with one attached hydrogen (secondary N) is 1. The topological polar surface area (TPSA) is 74.7 Å². The van der Waals surface area contributed by atoms with Crippen LogP contribution in [0, 0.1) is 11.3 Å². The van der Waals surface area contributed by atoms with Gasteiger partial charge in [-0.25, -0.2) is 9.97 Å². The highest BCUT2D eigenvalue weighted by atomic mass is 16.3. The fourth-order valence-electron chi connectivity index (χ4n) is 3.27. The first-order valence-corrected chi connectivity index (χ1v) is 8.84. The fourth-order valence-corrected chi connectivity index (χ4v) is 3.27. The lowest BCUT2D eigenvalue weighted by atomic mass is 10.1. The molecule has 0 unspecified atom stereocenters. The summed E-state index contributed by atoms with van der Waals surface area (Å²) in [6.45, 7) is 0. The largest absolute Gasteiger partial charge is 0.435 e. The number of allylic oxidation sites excluding steroid dienone is 1. The van der Waals surface area contributed by atoms with E-state index in [9.17, 15) is 5.26 Å². The highest BCUT2D eigenvalue weighted by Gasteiger charge is 2.12. The van der Waals surface area contributed by atoms with Crippen molar-refractivity contribution in [2.24, 2.45) is 0 Å². The van der Waals surface area contributed by atoms with Crippen LogP contribution >= 0.6 is 0 Å². The molecule has 5 rings (SSSR count). The highest BCUT2D eigenvalue weighted by molar-refractivity contribution is 6.08. The van der Waals surface area contributed by atoms with Gasteiger partial charge in [0, 0.05) is 17.0 Å². The zero-order valence-corrected chi connectivity index (χ0v) is 14.8. The highest BCUT2D eigenvalue weighted by Crippen LogP contribution is 2.31. The van der Waals surface area contributed by atoms with Crippen molar-refractivity contribution in [3.63, 3.8) is 0 Å². The lowest BCUT2D eigenvalue weighted by Crippen LogP contribution is -1.95. The standard InChI is InChI=1S/C23H14N4O/c24-13-15(23-27-20-11-5-6-12-21(20)28-23)14-25-22-16-7-1-3-9-18(16)26-19-10-4-2-8-17(19)22/h1-12,14H,(H,25,26). The molecule has 1 N–H and O–H groups in total. The van der Waals surface area contributed by atoms with Crippen molar-refractivity contribution in [1.82, 2.24) is 9.97 Å².